The molecule has 2 amide bonds. The third-order valence-electron chi connectivity index (χ3n) is 9.82. The molecule has 7 atom stereocenters. The van der Waals surface area contributed by atoms with Gasteiger partial charge < -0.3 is 15.0 Å². The number of piperidine rings is 1. The molecular weight excluding hydrogens is 388 g/mol. The van der Waals surface area contributed by atoms with Gasteiger partial charge in [0.25, 0.3) is 0 Å². The molecule has 1 aliphatic heterocycles. The Morgan fingerprint density at radius 1 is 1.00 bits per heavy atom. The van der Waals surface area contributed by atoms with E-state index in [1.54, 1.807) is 0 Å². The number of rotatable bonds is 5. The van der Waals surface area contributed by atoms with Crippen molar-refractivity contribution in [3.63, 3.8) is 0 Å². The minimum Gasteiger partial charge on any atom is -0.368 e. The Balaban J connectivity index is 1.44. The largest absolute Gasteiger partial charge is 0.368 e. The summed E-state index contributed by atoms with van der Waals surface area (Å²) in [5.41, 5.74) is 0.436. The third-order valence-corrected chi connectivity index (χ3v) is 9.82. The number of carbonyl (C=O) groups excluding carboxylic acids is 2. The van der Waals surface area contributed by atoms with Gasteiger partial charge in [-0.05, 0) is 101 Å². The summed E-state index contributed by atoms with van der Waals surface area (Å²) in [6.45, 7) is 13.4. The lowest BCUT2D eigenvalue weighted by Crippen LogP contribution is -2.61. The smallest absolute Gasteiger partial charge is 0.249 e. The van der Waals surface area contributed by atoms with E-state index in [9.17, 15) is 9.59 Å². The molecule has 176 valence electrons. The number of nitrogens with one attached hydrogen (secondary N) is 1. The number of fused-ring (bicyclic) bond motifs is 5. The molecule has 31 heavy (non-hydrogen) atoms. The minimum absolute atomic E-state index is 0.122. The molecule has 4 fully saturated rings. The van der Waals surface area contributed by atoms with Crippen LogP contribution >= 0.6 is 0 Å². The van der Waals surface area contributed by atoms with Crippen LogP contribution in [-0.2, 0) is 14.3 Å². The van der Waals surface area contributed by atoms with Gasteiger partial charge in [-0.1, -0.05) is 13.8 Å². The van der Waals surface area contributed by atoms with Gasteiger partial charge in [-0.2, -0.15) is 0 Å². The highest BCUT2D eigenvalue weighted by Gasteiger charge is 2.60. The predicted molar refractivity (Wildman–Crippen MR) is 122 cm³/mol. The van der Waals surface area contributed by atoms with Gasteiger partial charge in [0.2, 0.25) is 11.8 Å². The van der Waals surface area contributed by atoms with E-state index in [0.717, 1.165) is 25.2 Å². The highest BCUT2D eigenvalue weighted by atomic mass is 16.5. The highest BCUT2D eigenvalue weighted by molar-refractivity contribution is 5.78. The Labute approximate surface area is 189 Å². The molecule has 5 heteroatoms. The van der Waals surface area contributed by atoms with Crippen molar-refractivity contribution in [2.75, 3.05) is 6.61 Å². The molecule has 0 aromatic heterocycles. The van der Waals surface area contributed by atoms with E-state index in [1.807, 2.05) is 4.90 Å². The fraction of sp³-hybridized carbons (Fsp3) is 0.923. The molecule has 0 bridgehead atoms. The Bertz CT molecular complexity index is 699. The van der Waals surface area contributed by atoms with E-state index in [1.165, 1.54) is 25.7 Å². The molecule has 1 saturated heterocycles. The van der Waals surface area contributed by atoms with E-state index in [0.29, 0.717) is 24.3 Å². The number of hydrogen-bond acceptors (Lipinski definition) is 3. The average Bonchev–Trinajstić information content (AvgIpc) is 3.02. The Kier molecular flexibility index (Phi) is 6.22. The number of ether oxygens (including phenoxy) is 1. The van der Waals surface area contributed by atoms with Gasteiger partial charge in [-0.3, -0.25) is 9.59 Å². The van der Waals surface area contributed by atoms with Gasteiger partial charge in [0.15, 0.2) is 0 Å². The number of nitrogens with zero attached hydrogens (tertiary/aromatic N) is 1. The fourth-order valence-corrected chi connectivity index (χ4v) is 8.35. The van der Waals surface area contributed by atoms with Crippen LogP contribution in [0.3, 0.4) is 0 Å². The van der Waals surface area contributed by atoms with Crippen molar-refractivity contribution in [3.8, 4) is 0 Å². The molecule has 1 heterocycles. The van der Waals surface area contributed by atoms with Gasteiger partial charge in [0.1, 0.15) is 6.61 Å². The van der Waals surface area contributed by atoms with Crippen LogP contribution in [0.25, 0.3) is 0 Å². The molecule has 3 saturated carbocycles. The molecule has 0 spiro atoms. The van der Waals surface area contributed by atoms with Gasteiger partial charge in [0, 0.05) is 24.5 Å². The standard InChI is InChI=1S/C26H44N2O3/c1-16(2)28(17(3)4)24(30)15-31-22-10-8-19-18-7-9-21-25(5,14-12-23(29)27-21)20(18)11-13-26(19,22)6/h16-22H,7-15H2,1-6H3,(H,27,29)/t18-,19-,20+,21?,22?,25+,26-/m0/s1. The zero-order valence-corrected chi connectivity index (χ0v) is 20.6. The summed E-state index contributed by atoms with van der Waals surface area (Å²) < 4.78 is 6.40. The SMILES string of the molecule is CC(C)N(C(=O)COC1CC[C@H]2[C@@H]3CCC4NC(=O)CC[C@]4(C)[C@@H]3CC[C@]12C)C(C)C. The summed E-state index contributed by atoms with van der Waals surface area (Å²) in [4.78, 5) is 26.8. The van der Waals surface area contributed by atoms with Crippen LogP contribution in [0.5, 0.6) is 0 Å². The number of hydrogen-bond donors (Lipinski definition) is 1. The summed E-state index contributed by atoms with van der Waals surface area (Å²) in [7, 11) is 0. The van der Waals surface area contributed by atoms with E-state index >= 15 is 0 Å². The van der Waals surface area contributed by atoms with Crippen LogP contribution < -0.4 is 5.32 Å². The topological polar surface area (TPSA) is 58.6 Å². The third kappa shape index (κ3) is 3.83. The first-order valence-corrected chi connectivity index (χ1v) is 12.8. The van der Waals surface area contributed by atoms with Crippen LogP contribution in [0, 0.1) is 28.6 Å². The maximum absolute atomic E-state index is 12.9. The molecule has 4 aliphatic rings. The fourth-order valence-electron chi connectivity index (χ4n) is 8.35. The van der Waals surface area contributed by atoms with Gasteiger partial charge in [-0.15, -0.1) is 0 Å². The normalized spacial score (nSPS) is 42.1. The Morgan fingerprint density at radius 3 is 2.35 bits per heavy atom. The van der Waals surface area contributed by atoms with Crippen LogP contribution in [0.15, 0.2) is 0 Å². The molecule has 1 N–H and O–H groups in total. The van der Waals surface area contributed by atoms with E-state index in [-0.39, 0.29) is 47.4 Å². The lowest BCUT2D eigenvalue weighted by atomic mass is 9.47. The van der Waals surface area contributed by atoms with Crippen LogP contribution in [0.4, 0.5) is 0 Å². The maximum Gasteiger partial charge on any atom is 0.249 e. The second-order valence-electron chi connectivity index (χ2n) is 12.0. The first-order valence-electron chi connectivity index (χ1n) is 12.8. The maximum atomic E-state index is 12.9. The molecule has 0 aromatic rings. The Hall–Kier alpha value is -1.10. The van der Waals surface area contributed by atoms with Crippen LogP contribution in [0.2, 0.25) is 0 Å². The van der Waals surface area contributed by atoms with Crippen molar-refractivity contribution >= 4 is 11.8 Å². The van der Waals surface area contributed by atoms with Gasteiger partial charge in [0.05, 0.1) is 6.10 Å². The number of amides is 2. The highest BCUT2D eigenvalue weighted by Crippen LogP contribution is 2.64. The zero-order chi connectivity index (χ0) is 22.6. The van der Waals surface area contributed by atoms with Crippen molar-refractivity contribution in [1.82, 2.24) is 10.2 Å². The number of carbonyl (C=O) groups is 2. The van der Waals surface area contributed by atoms with Crippen LogP contribution in [-0.4, -0.2) is 47.6 Å². The molecule has 3 aliphatic carbocycles. The zero-order valence-electron chi connectivity index (χ0n) is 20.6. The summed E-state index contributed by atoms with van der Waals surface area (Å²) in [5, 5.41) is 3.33. The summed E-state index contributed by atoms with van der Waals surface area (Å²) in [6, 6.07) is 0.763. The molecule has 5 nitrogen and oxygen atoms in total. The minimum atomic E-state index is 0.122. The molecule has 4 rings (SSSR count). The average molecular weight is 433 g/mol. The molecule has 0 aromatic carbocycles. The second-order valence-corrected chi connectivity index (χ2v) is 12.0. The first kappa shape index (κ1) is 23.1. The van der Waals surface area contributed by atoms with Crippen molar-refractivity contribution in [3.05, 3.63) is 0 Å². The first-order chi connectivity index (χ1) is 14.6. The summed E-state index contributed by atoms with van der Waals surface area (Å²) in [6.07, 6.45) is 9.00. The molecule has 2 unspecified atom stereocenters. The van der Waals surface area contributed by atoms with Crippen molar-refractivity contribution in [2.45, 2.75) is 117 Å². The van der Waals surface area contributed by atoms with Gasteiger partial charge >= 0.3 is 0 Å². The monoisotopic (exact) mass is 432 g/mol. The van der Waals surface area contributed by atoms with Crippen molar-refractivity contribution < 1.29 is 14.3 Å². The van der Waals surface area contributed by atoms with E-state index in [2.05, 4.69) is 46.9 Å². The predicted octanol–water partition coefficient (Wildman–Crippen LogP) is 4.54. The lowest BCUT2D eigenvalue weighted by Gasteiger charge is -2.60. The van der Waals surface area contributed by atoms with E-state index < -0.39 is 0 Å². The van der Waals surface area contributed by atoms with Crippen molar-refractivity contribution in [1.29, 1.82) is 0 Å². The Morgan fingerprint density at radius 2 is 1.68 bits per heavy atom. The quantitative estimate of drug-likeness (QED) is 0.694. The lowest BCUT2D eigenvalue weighted by molar-refractivity contribution is -0.152. The second kappa shape index (κ2) is 8.35. The van der Waals surface area contributed by atoms with Crippen molar-refractivity contribution in [2.24, 2.45) is 28.6 Å². The van der Waals surface area contributed by atoms with Gasteiger partial charge in [-0.25, -0.2) is 0 Å². The summed E-state index contributed by atoms with van der Waals surface area (Å²) in [5.74, 6) is 2.51. The molecular formula is C26H44N2O3. The molecule has 0 radical (unpaired) electrons. The van der Waals surface area contributed by atoms with Crippen LogP contribution in [0.1, 0.15) is 92.9 Å². The van der Waals surface area contributed by atoms with E-state index in [4.69, 9.17) is 4.74 Å². The summed E-state index contributed by atoms with van der Waals surface area (Å²) >= 11 is 0.